The van der Waals surface area contributed by atoms with Gasteiger partial charge in [-0.3, -0.25) is 0 Å². The number of nitrogens with zero attached hydrogens (tertiary/aromatic N) is 1. The van der Waals surface area contributed by atoms with Crippen LogP contribution in [0.2, 0.25) is 0 Å². The van der Waals surface area contributed by atoms with Crippen molar-refractivity contribution in [3.05, 3.63) is 71.8 Å². The number of hydrogen-bond acceptors (Lipinski definition) is 3. The summed E-state index contributed by atoms with van der Waals surface area (Å²) in [7, 11) is 0. The topological polar surface area (TPSA) is 38.8 Å². The lowest BCUT2D eigenvalue weighted by atomic mass is 9.84. The van der Waals surface area contributed by atoms with Crippen molar-refractivity contribution in [1.29, 1.82) is 0 Å². The van der Waals surface area contributed by atoms with Gasteiger partial charge in [0.05, 0.1) is 19.3 Å². The van der Waals surface area contributed by atoms with Crippen molar-refractivity contribution >= 4 is 16.9 Å². The third-order valence-electron chi connectivity index (χ3n) is 5.94. The first kappa shape index (κ1) is 21.6. The average molecular weight is 420 g/mol. The van der Waals surface area contributed by atoms with E-state index in [9.17, 15) is 4.79 Å². The Labute approximate surface area is 185 Å². The van der Waals surface area contributed by atoms with Crippen LogP contribution in [0.4, 0.5) is 4.79 Å². The third-order valence-corrected chi connectivity index (χ3v) is 5.94. The summed E-state index contributed by atoms with van der Waals surface area (Å²) in [6, 6.07) is 14.8. The van der Waals surface area contributed by atoms with Crippen molar-refractivity contribution in [3.63, 3.8) is 0 Å². The SMILES string of the molecule is CC(C)(C)OC(=O)N1CCC(C2=CCCC=C2)C(OCc2ccc3ccccc3c2)C1. The molecular formula is C27H33NO3. The summed E-state index contributed by atoms with van der Waals surface area (Å²) < 4.78 is 12.1. The molecule has 0 bridgehead atoms. The molecule has 4 rings (SSSR count). The van der Waals surface area contributed by atoms with Crippen LogP contribution in [0.3, 0.4) is 0 Å². The van der Waals surface area contributed by atoms with Gasteiger partial charge in [-0.1, -0.05) is 54.6 Å². The van der Waals surface area contributed by atoms with E-state index in [0.29, 0.717) is 25.6 Å². The maximum absolute atomic E-state index is 12.7. The minimum atomic E-state index is -0.496. The van der Waals surface area contributed by atoms with Crippen LogP contribution < -0.4 is 0 Å². The maximum atomic E-state index is 12.7. The molecule has 164 valence electrons. The van der Waals surface area contributed by atoms with Gasteiger partial charge in [0, 0.05) is 12.5 Å². The molecule has 0 spiro atoms. The van der Waals surface area contributed by atoms with Crippen molar-refractivity contribution in [2.24, 2.45) is 5.92 Å². The monoisotopic (exact) mass is 419 g/mol. The second-order valence-corrected chi connectivity index (χ2v) is 9.54. The largest absolute Gasteiger partial charge is 0.444 e. The zero-order valence-corrected chi connectivity index (χ0v) is 18.8. The highest BCUT2D eigenvalue weighted by molar-refractivity contribution is 5.82. The van der Waals surface area contributed by atoms with Gasteiger partial charge >= 0.3 is 6.09 Å². The van der Waals surface area contributed by atoms with Gasteiger partial charge in [-0.25, -0.2) is 4.79 Å². The number of allylic oxidation sites excluding steroid dienone is 3. The normalized spacial score (nSPS) is 21.8. The summed E-state index contributed by atoms with van der Waals surface area (Å²) in [6.45, 7) is 7.50. The summed E-state index contributed by atoms with van der Waals surface area (Å²) in [6.07, 6.45) is 9.58. The molecule has 1 heterocycles. The molecule has 1 fully saturated rings. The summed E-state index contributed by atoms with van der Waals surface area (Å²) >= 11 is 0. The molecule has 1 aliphatic heterocycles. The zero-order valence-electron chi connectivity index (χ0n) is 18.8. The Balaban J connectivity index is 1.49. The molecule has 2 atom stereocenters. The lowest BCUT2D eigenvalue weighted by Gasteiger charge is -2.39. The van der Waals surface area contributed by atoms with E-state index in [1.165, 1.54) is 16.3 Å². The van der Waals surface area contributed by atoms with Gasteiger partial charge in [-0.15, -0.1) is 0 Å². The Hall–Kier alpha value is -2.59. The zero-order chi connectivity index (χ0) is 21.8. The number of hydrogen-bond donors (Lipinski definition) is 0. The minimum Gasteiger partial charge on any atom is -0.444 e. The lowest BCUT2D eigenvalue weighted by Crippen LogP contribution is -2.49. The molecule has 0 radical (unpaired) electrons. The standard InChI is InChI=1S/C27H33NO3/c1-27(2,3)31-26(29)28-16-15-24(22-10-5-4-6-11-22)25(18-28)30-19-20-13-14-21-9-7-8-12-23(21)17-20/h5,7-14,17,24-25H,4,6,15-16,18-19H2,1-3H3. The molecule has 2 aromatic carbocycles. The first-order valence-electron chi connectivity index (χ1n) is 11.3. The molecule has 1 aliphatic carbocycles. The number of benzene rings is 2. The van der Waals surface area contributed by atoms with E-state index >= 15 is 0 Å². The number of fused-ring (bicyclic) bond motifs is 1. The van der Waals surface area contributed by atoms with Crippen molar-refractivity contribution in [2.75, 3.05) is 13.1 Å². The van der Waals surface area contributed by atoms with Crippen LogP contribution >= 0.6 is 0 Å². The number of amides is 1. The Bertz CT molecular complexity index is 985. The van der Waals surface area contributed by atoms with Crippen LogP contribution in [0.25, 0.3) is 10.8 Å². The van der Waals surface area contributed by atoms with E-state index in [4.69, 9.17) is 9.47 Å². The highest BCUT2D eigenvalue weighted by atomic mass is 16.6. The quantitative estimate of drug-likeness (QED) is 0.587. The van der Waals surface area contributed by atoms with Crippen molar-refractivity contribution in [2.45, 2.75) is 58.3 Å². The molecule has 1 amide bonds. The van der Waals surface area contributed by atoms with Crippen LogP contribution in [0, 0.1) is 5.92 Å². The molecular weight excluding hydrogens is 386 g/mol. The molecule has 0 aromatic heterocycles. The fourth-order valence-corrected chi connectivity index (χ4v) is 4.40. The van der Waals surface area contributed by atoms with Gasteiger partial charge in [-0.05, 0) is 68.0 Å². The molecule has 31 heavy (non-hydrogen) atoms. The fourth-order valence-electron chi connectivity index (χ4n) is 4.40. The van der Waals surface area contributed by atoms with Gasteiger partial charge in [-0.2, -0.15) is 0 Å². The van der Waals surface area contributed by atoms with Crippen LogP contribution in [0.15, 0.2) is 66.3 Å². The molecule has 1 saturated heterocycles. The Morgan fingerprint density at radius 2 is 1.90 bits per heavy atom. The molecule has 2 unspecified atom stereocenters. The van der Waals surface area contributed by atoms with E-state index in [1.54, 1.807) is 4.90 Å². The van der Waals surface area contributed by atoms with Crippen molar-refractivity contribution in [3.8, 4) is 0 Å². The first-order valence-corrected chi connectivity index (χ1v) is 11.3. The highest BCUT2D eigenvalue weighted by Gasteiger charge is 2.35. The van der Waals surface area contributed by atoms with Gasteiger partial charge in [0.2, 0.25) is 0 Å². The van der Waals surface area contributed by atoms with Crippen LogP contribution in [0.1, 0.15) is 45.6 Å². The second kappa shape index (κ2) is 9.27. The Morgan fingerprint density at radius 3 is 2.65 bits per heavy atom. The van der Waals surface area contributed by atoms with Crippen LogP contribution in [-0.2, 0) is 16.1 Å². The van der Waals surface area contributed by atoms with E-state index in [2.05, 4.69) is 60.7 Å². The summed E-state index contributed by atoms with van der Waals surface area (Å²) in [5.74, 6) is 0.302. The van der Waals surface area contributed by atoms with Gasteiger partial charge in [0.1, 0.15) is 5.60 Å². The molecule has 2 aromatic rings. The number of ether oxygens (including phenoxy) is 2. The maximum Gasteiger partial charge on any atom is 0.410 e. The van der Waals surface area contributed by atoms with Crippen molar-refractivity contribution < 1.29 is 14.3 Å². The van der Waals surface area contributed by atoms with Crippen molar-refractivity contribution in [1.82, 2.24) is 4.90 Å². The number of rotatable bonds is 4. The fraction of sp³-hybridized carbons (Fsp3) is 0.444. The van der Waals surface area contributed by atoms with E-state index in [0.717, 1.165) is 24.8 Å². The van der Waals surface area contributed by atoms with E-state index in [-0.39, 0.29) is 12.2 Å². The minimum absolute atomic E-state index is 0.0539. The predicted molar refractivity (Wildman–Crippen MR) is 125 cm³/mol. The smallest absolute Gasteiger partial charge is 0.410 e. The van der Waals surface area contributed by atoms with E-state index in [1.807, 2.05) is 20.8 Å². The Morgan fingerprint density at radius 1 is 1.10 bits per heavy atom. The molecule has 4 nitrogen and oxygen atoms in total. The predicted octanol–water partition coefficient (Wildman–Crippen LogP) is 6.26. The molecule has 0 N–H and O–H groups in total. The van der Waals surface area contributed by atoms with Gasteiger partial charge in [0.25, 0.3) is 0 Å². The first-order chi connectivity index (χ1) is 14.9. The lowest BCUT2D eigenvalue weighted by molar-refractivity contribution is -0.0443. The summed E-state index contributed by atoms with van der Waals surface area (Å²) in [5, 5.41) is 2.45. The van der Waals surface area contributed by atoms with Gasteiger partial charge < -0.3 is 14.4 Å². The number of piperidine rings is 1. The third kappa shape index (κ3) is 5.56. The number of carbonyl (C=O) groups is 1. The molecule has 4 heteroatoms. The average Bonchev–Trinajstić information content (AvgIpc) is 2.77. The highest BCUT2D eigenvalue weighted by Crippen LogP contribution is 2.32. The molecule has 2 aliphatic rings. The Kier molecular flexibility index (Phi) is 6.47. The van der Waals surface area contributed by atoms with Crippen LogP contribution in [0.5, 0.6) is 0 Å². The summed E-state index contributed by atoms with van der Waals surface area (Å²) in [4.78, 5) is 14.5. The number of likely N-dealkylation sites (tertiary alicyclic amines) is 1. The van der Waals surface area contributed by atoms with Crippen LogP contribution in [-0.4, -0.2) is 35.8 Å². The van der Waals surface area contributed by atoms with E-state index < -0.39 is 5.60 Å². The second-order valence-electron chi connectivity index (χ2n) is 9.54. The van der Waals surface area contributed by atoms with Gasteiger partial charge in [0.15, 0.2) is 0 Å². The molecule has 0 saturated carbocycles. The number of carbonyl (C=O) groups excluding carboxylic acids is 1. The summed E-state index contributed by atoms with van der Waals surface area (Å²) in [5.41, 5.74) is 2.00.